The van der Waals surface area contributed by atoms with Crippen LogP contribution in [0.15, 0.2) is 0 Å². The highest BCUT2D eigenvalue weighted by atomic mass is 16.5. The molecule has 0 aliphatic carbocycles. The molecule has 0 spiro atoms. The highest BCUT2D eigenvalue weighted by Gasteiger charge is 2.31. The first-order valence-corrected chi connectivity index (χ1v) is 7.90. The number of nitrogens with two attached hydrogens (primary N) is 1. The first-order chi connectivity index (χ1) is 10.00. The lowest BCUT2D eigenvalue weighted by Crippen LogP contribution is -2.47. The minimum Gasteiger partial charge on any atom is -0.480 e. The Labute approximate surface area is 128 Å². The van der Waals surface area contributed by atoms with Gasteiger partial charge in [-0.1, -0.05) is 6.92 Å². The standard InChI is InChI=1S/C15H32N2O4/c1-4-15(16,14(18)19)8-7-9-17(10-12-20-5-2)11-13-21-6-3/h4-13,16H2,1-3H3,(H,18,19). The summed E-state index contributed by atoms with van der Waals surface area (Å²) in [5, 5.41) is 9.17. The van der Waals surface area contributed by atoms with Crippen molar-refractivity contribution in [2.45, 2.75) is 45.6 Å². The van der Waals surface area contributed by atoms with Crippen LogP contribution in [-0.2, 0) is 14.3 Å². The third-order valence-corrected chi connectivity index (χ3v) is 3.67. The summed E-state index contributed by atoms with van der Waals surface area (Å²) in [6.45, 7) is 11.0. The molecular formula is C15H32N2O4. The Kier molecular flexibility index (Phi) is 11.5. The van der Waals surface area contributed by atoms with Gasteiger partial charge in [-0.15, -0.1) is 0 Å². The summed E-state index contributed by atoms with van der Waals surface area (Å²) in [4.78, 5) is 13.4. The highest BCUT2D eigenvalue weighted by molar-refractivity contribution is 5.78. The van der Waals surface area contributed by atoms with E-state index >= 15 is 0 Å². The number of aliphatic carboxylic acids is 1. The van der Waals surface area contributed by atoms with Crippen LogP contribution < -0.4 is 5.73 Å². The summed E-state index contributed by atoms with van der Waals surface area (Å²) >= 11 is 0. The second-order valence-electron chi connectivity index (χ2n) is 5.15. The minimum absolute atomic E-state index is 0.445. The number of hydrogen-bond donors (Lipinski definition) is 2. The molecule has 0 aromatic heterocycles. The highest BCUT2D eigenvalue weighted by Crippen LogP contribution is 2.14. The molecule has 0 saturated heterocycles. The zero-order valence-electron chi connectivity index (χ0n) is 13.8. The van der Waals surface area contributed by atoms with Gasteiger partial charge in [-0.2, -0.15) is 0 Å². The largest absolute Gasteiger partial charge is 0.480 e. The van der Waals surface area contributed by atoms with E-state index in [4.69, 9.17) is 20.3 Å². The van der Waals surface area contributed by atoms with Gasteiger partial charge in [-0.3, -0.25) is 9.69 Å². The summed E-state index contributed by atoms with van der Waals surface area (Å²) in [6, 6.07) is 0. The molecule has 126 valence electrons. The number of carbonyl (C=O) groups is 1. The van der Waals surface area contributed by atoms with Gasteiger partial charge < -0.3 is 20.3 Å². The molecule has 0 bridgehead atoms. The number of rotatable bonds is 14. The molecule has 6 heteroatoms. The lowest BCUT2D eigenvalue weighted by atomic mass is 9.92. The van der Waals surface area contributed by atoms with E-state index in [-0.39, 0.29) is 0 Å². The number of ether oxygens (including phenoxy) is 2. The molecule has 0 aromatic rings. The molecule has 0 aliphatic rings. The van der Waals surface area contributed by atoms with E-state index in [1.54, 1.807) is 0 Å². The number of carboxylic acids is 1. The van der Waals surface area contributed by atoms with Crippen LogP contribution in [0.2, 0.25) is 0 Å². The molecule has 0 saturated carbocycles. The SMILES string of the molecule is CCOCCN(CCCC(N)(CC)C(=O)O)CCOCC. The summed E-state index contributed by atoms with van der Waals surface area (Å²) in [6.07, 6.45) is 1.69. The molecule has 0 aromatic carbocycles. The fourth-order valence-electron chi connectivity index (χ4n) is 2.06. The Morgan fingerprint density at radius 1 is 1.10 bits per heavy atom. The summed E-state index contributed by atoms with van der Waals surface area (Å²) in [5.41, 5.74) is 4.80. The van der Waals surface area contributed by atoms with Crippen LogP contribution in [0.5, 0.6) is 0 Å². The predicted octanol–water partition coefficient (Wildman–Crippen LogP) is 1.33. The molecule has 1 atom stereocenters. The maximum absolute atomic E-state index is 11.2. The topological polar surface area (TPSA) is 85.0 Å². The van der Waals surface area contributed by atoms with Gasteiger partial charge in [-0.25, -0.2) is 0 Å². The van der Waals surface area contributed by atoms with E-state index in [9.17, 15) is 4.79 Å². The van der Waals surface area contributed by atoms with E-state index in [0.717, 1.165) is 26.1 Å². The second-order valence-corrected chi connectivity index (χ2v) is 5.15. The van der Waals surface area contributed by atoms with Crippen molar-refractivity contribution < 1.29 is 19.4 Å². The fourth-order valence-corrected chi connectivity index (χ4v) is 2.06. The normalized spacial score (nSPS) is 14.3. The van der Waals surface area contributed by atoms with Gasteiger partial charge >= 0.3 is 5.97 Å². The van der Waals surface area contributed by atoms with Crippen molar-refractivity contribution in [2.24, 2.45) is 5.73 Å². The summed E-state index contributed by atoms with van der Waals surface area (Å²) in [7, 11) is 0. The van der Waals surface area contributed by atoms with Crippen LogP contribution in [-0.4, -0.2) is 67.6 Å². The van der Waals surface area contributed by atoms with E-state index in [2.05, 4.69) is 4.90 Å². The molecule has 0 radical (unpaired) electrons. The number of carboxylic acid groups (broad SMARTS) is 1. The van der Waals surface area contributed by atoms with E-state index in [1.807, 2.05) is 20.8 Å². The molecule has 0 amide bonds. The second kappa shape index (κ2) is 11.9. The lowest BCUT2D eigenvalue weighted by molar-refractivity contribution is -0.143. The van der Waals surface area contributed by atoms with Crippen molar-refractivity contribution in [1.29, 1.82) is 0 Å². The summed E-state index contributed by atoms with van der Waals surface area (Å²) in [5.74, 6) is -0.916. The molecule has 0 aliphatic heterocycles. The third-order valence-electron chi connectivity index (χ3n) is 3.67. The van der Waals surface area contributed by atoms with Gasteiger partial charge in [0.2, 0.25) is 0 Å². The lowest BCUT2D eigenvalue weighted by Gasteiger charge is -2.26. The van der Waals surface area contributed by atoms with Crippen LogP contribution in [0.1, 0.15) is 40.0 Å². The zero-order chi connectivity index (χ0) is 16.1. The molecule has 21 heavy (non-hydrogen) atoms. The van der Waals surface area contributed by atoms with Crippen LogP contribution in [0, 0.1) is 0 Å². The average molecular weight is 304 g/mol. The number of nitrogens with zero attached hydrogens (tertiary/aromatic N) is 1. The van der Waals surface area contributed by atoms with Crippen molar-refractivity contribution in [3.05, 3.63) is 0 Å². The smallest absolute Gasteiger partial charge is 0.323 e. The van der Waals surface area contributed by atoms with Crippen molar-refractivity contribution in [1.82, 2.24) is 4.90 Å². The maximum atomic E-state index is 11.2. The fraction of sp³-hybridized carbons (Fsp3) is 0.933. The first-order valence-electron chi connectivity index (χ1n) is 7.90. The molecule has 3 N–H and O–H groups in total. The minimum atomic E-state index is -1.11. The van der Waals surface area contributed by atoms with E-state index < -0.39 is 11.5 Å². The predicted molar refractivity (Wildman–Crippen MR) is 83.5 cm³/mol. The third kappa shape index (κ3) is 9.03. The Hall–Kier alpha value is -0.690. The van der Waals surface area contributed by atoms with Gasteiger partial charge in [0, 0.05) is 26.3 Å². The quantitative estimate of drug-likeness (QED) is 0.471. The van der Waals surface area contributed by atoms with Gasteiger partial charge in [0.05, 0.1) is 13.2 Å². The zero-order valence-corrected chi connectivity index (χ0v) is 13.8. The van der Waals surface area contributed by atoms with Crippen molar-refractivity contribution in [3.63, 3.8) is 0 Å². The van der Waals surface area contributed by atoms with Gasteiger partial charge in [0.1, 0.15) is 5.54 Å². The van der Waals surface area contributed by atoms with Crippen molar-refractivity contribution in [2.75, 3.05) is 46.1 Å². The molecule has 0 fully saturated rings. The van der Waals surface area contributed by atoms with E-state index in [0.29, 0.717) is 39.3 Å². The van der Waals surface area contributed by atoms with Crippen molar-refractivity contribution in [3.8, 4) is 0 Å². The van der Waals surface area contributed by atoms with Crippen LogP contribution in [0.4, 0.5) is 0 Å². The van der Waals surface area contributed by atoms with Gasteiger partial charge in [0.25, 0.3) is 0 Å². The van der Waals surface area contributed by atoms with Gasteiger partial charge in [0.15, 0.2) is 0 Å². The molecule has 0 heterocycles. The van der Waals surface area contributed by atoms with E-state index in [1.165, 1.54) is 0 Å². The van der Waals surface area contributed by atoms with Crippen LogP contribution in [0.25, 0.3) is 0 Å². The number of hydrogen-bond acceptors (Lipinski definition) is 5. The van der Waals surface area contributed by atoms with Crippen LogP contribution >= 0.6 is 0 Å². The van der Waals surface area contributed by atoms with Crippen molar-refractivity contribution >= 4 is 5.97 Å². The Morgan fingerprint density at radius 2 is 1.62 bits per heavy atom. The Morgan fingerprint density at radius 3 is 2.00 bits per heavy atom. The Bertz CT molecular complexity index is 266. The molecule has 1 unspecified atom stereocenters. The molecular weight excluding hydrogens is 272 g/mol. The van der Waals surface area contributed by atoms with Gasteiger partial charge in [-0.05, 0) is 39.7 Å². The molecule has 6 nitrogen and oxygen atoms in total. The monoisotopic (exact) mass is 304 g/mol. The average Bonchev–Trinajstić information content (AvgIpc) is 2.46. The Balaban J connectivity index is 4.16. The first kappa shape index (κ1) is 20.3. The molecule has 0 rings (SSSR count). The maximum Gasteiger partial charge on any atom is 0.323 e. The van der Waals surface area contributed by atoms with Crippen LogP contribution in [0.3, 0.4) is 0 Å². The summed E-state index contributed by atoms with van der Waals surface area (Å²) < 4.78 is 10.8.